The average molecular weight is 164 g/mol. The summed E-state index contributed by atoms with van der Waals surface area (Å²) < 4.78 is 4.56. The van der Waals surface area contributed by atoms with Crippen LogP contribution < -0.4 is 5.73 Å². The van der Waals surface area contributed by atoms with E-state index in [1.165, 1.54) is 6.08 Å². The van der Waals surface area contributed by atoms with Gasteiger partial charge in [-0.15, -0.1) is 11.6 Å². The van der Waals surface area contributed by atoms with E-state index in [4.69, 9.17) is 17.3 Å². The van der Waals surface area contributed by atoms with Crippen LogP contribution in [0.15, 0.2) is 11.8 Å². The molecule has 0 saturated carbocycles. The van der Waals surface area contributed by atoms with E-state index in [1.807, 2.05) is 0 Å². The number of esters is 1. The number of halogens is 1. The van der Waals surface area contributed by atoms with Gasteiger partial charge in [0.1, 0.15) is 0 Å². The Morgan fingerprint density at radius 3 is 2.80 bits per heavy atom. The number of rotatable bonds is 3. The Hall–Kier alpha value is -0.700. The zero-order chi connectivity index (χ0) is 7.98. The number of nitrogens with two attached hydrogens (primary N) is 1. The predicted molar refractivity (Wildman–Crippen MR) is 39.6 cm³/mol. The Balaban J connectivity index is 3.75. The van der Waals surface area contributed by atoms with Crippen molar-refractivity contribution in [1.29, 1.82) is 0 Å². The zero-order valence-electron chi connectivity index (χ0n) is 5.76. The molecule has 0 aromatic carbocycles. The second kappa shape index (κ2) is 5.11. The van der Waals surface area contributed by atoms with Crippen molar-refractivity contribution in [3.63, 3.8) is 0 Å². The summed E-state index contributed by atoms with van der Waals surface area (Å²) in [6.45, 7) is 2.08. The van der Waals surface area contributed by atoms with Gasteiger partial charge in [-0.25, -0.2) is 4.79 Å². The molecule has 0 bridgehead atoms. The van der Waals surface area contributed by atoms with Crippen molar-refractivity contribution in [2.45, 2.75) is 6.92 Å². The summed E-state index contributed by atoms with van der Waals surface area (Å²) in [6, 6.07) is 0. The van der Waals surface area contributed by atoms with E-state index < -0.39 is 5.97 Å². The minimum Gasteiger partial charge on any atom is -0.463 e. The lowest BCUT2D eigenvalue weighted by Gasteiger charge is -1.95. The van der Waals surface area contributed by atoms with Gasteiger partial charge in [-0.3, -0.25) is 0 Å². The van der Waals surface area contributed by atoms with Crippen LogP contribution in [0.3, 0.4) is 0 Å². The van der Waals surface area contributed by atoms with Gasteiger partial charge >= 0.3 is 5.97 Å². The van der Waals surface area contributed by atoms with Gasteiger partial charge < -0.3 is 10.5 Å². The lowest BCUT2D eigenvalue weighted by atomic mass is 10.4. The topological polar surface area (TPSA) is 52.3 Å². The van der Waals surface area contributed by atoms with E-state index >= 15 is 0 Å². The maximum Gasteiger partial charge on any atom is 0.332 e. The Morgan fingerprint density at radius 1 is 1.80 bits per heavy atom. The van der Waals surface area contributed by atoms with Crippen LogP contribution in [0.2, 0.25) is 0 Å². The summed E-state index contributed by atoms with van der Waals surface area (Å²) in [5, 5.41) is 0. The van der Waals surface area contributed by atoms with Gasteiger partial charge in [-0.1, -0.05) is 0 Å². The average Bonchev–Trinajstić information content (AvgIpc) is 1.88. The number of hydrogen-bond donors (Lipinski definition) is 1. The Bertz CT molecular complexity index is 145. The van der Waals surface area contributed by atoms with Crippen molar-refractivity contribution >= 4 is 17.6 Å². The summed E-state index contributed by atoms with van der Waals surface area (Å²) in [5.74, 6) is -0.292. The number of hydrogen-bond acceptors (Lipinski definition) is 3. The van der Waals surface area contributed by atoms with Crippen molar-refractivity contribution in [3.05, 3.63) is 11.8 Å². The van der Waals surface area contributed by atoms with Crippen LogP contribution in [-0.2, 0) is 9.53 Å². The lowest BCUT2D eigenvalue weighted by molar-refractivity contribution is -0.137. The highest BCUT2D eigenvalue weighted by atomic mass is 35.5. The fourth-order valence-corrected chi connectivity index (χ4v) is 0.451. The van der Waals surface area contributed by atoms with Crippen LogP contribution in [-0.4, -0.2) is 18.5 Å². The second-order valence-corrected chi connectivity index (χ2v) is 1.87. The van der Waals surface area contributed by atoms with Crippen LogP contribution in [0.5, 0.6) is 0 Å². The predicted octanol–water partition coefficient (Wildman–Crippen LogP) is 0.631. The number of carbonyl (C=O) groups is 1. The van der Waals surface area contributed by atoms with Gasteiger partial charge in [0.25, 0.3) is 0 Å². The first kappa shape index (κ1) is 9.30. The Labute approximate surface area is 64.8 Å². The van der Waals surface area contributed by atoms with Gasteiger partial charge in [-0.05, 0) is 6.92 Å². The summed E-state index contributed by atoms with van der Waals surface area (Å²) in [6.07, 6.45) is 1.18. The summed E-state index contributed by atoms with van der Waals surface area (Å²) in [4.78, 5) is 10.6. The SMILES string of the molecule is CCOC(=O)/C=C(\N)CCl. The maximum atomic E-state index is 10.6. The number of allylic oxidation sites excluding steroid dienone is 1. The van der Waals surface area contributed by atoms with E-state index in [0.717, 1.165) is 0 Å². The molecule has 0 aromatic heterocycles. The lowest BCUT2D eigenvalue weighted by Crippen LogP contribution is -2.06. The van der Waals surface area contributed by atoms with Crippen molar-refractivity contribution in [1.82, 2.24) is 0 Å². The highest BCUT2D eigenvalue weighted by molar-refractivity contribution is 6.19. The molecule has 0 spiro atoms. The third-order valence-corrected chi connectivity index (χ3v) is 1.05. The first-order valence-corrected chi connectivity index (χ1v) is 3.43. The van der Waals surface area contributed by atoms with E-state index in [9.17, 15) is 4.79 Å². The second-order valence-electron chi connectivity index (χ2n) is 1.60. The van der Waals surface area contributed by atoms with E-state index in [0.29, 0.717) is 12.3 Å². The first-order chi connectivity index (χ1) is 4.70. The minimum atomic E-state index is -0.444. The summed E-state index contributed by atoms with van der Waals surface area (Å²) >= 11 is 5.30. The molecular weight excluding hydrogens is 154 g/mol. The van der Waals surface area contributed by atoms with E-state index in [1.54, 1.807) is 6.92 Å². The van der Waals surface area contributed by atoms with Crippen molar-refractivity contribution < 1.29 is 9.53 Å². The molecule has 0 radical (unpaired) electrons. The molecule has 0 unspecified atom stereocenters. The molecule has 4 heteroatoms. The van der Waals surface area contributed by atoms with Crippen LogP contribution in [0.25, 0.3) is 0 Å². The molecule has 0 aliphatic heterocycles. The Morgan fingerprint density at radius 2 is 2.40 bits per heavy atom. The van der Waals surface area contributed by atoms with E-state index in [-0.39, 0.29) is 5.88 Å². The largest absolute Gasteiger partial charge is 0.463 e. The monoisotopic (exact) mass is 163 g/mol. The molecule has 0 fully saturated rings. The third-order valence-electron chi connectivity index (χ3n) is 0.744. The smallest absolute Gasteiger partial charge is 0.332 e. The van der Waals surface area contributed by atoms with Crippen molar-refractivity contribution in [2.24, 2.45) is 5.73 Å². The quantitative estimate of drug-likeness (QED) is 0.377. The molecule has 0 rings (SSSR count). The third kappa shape index (κ3) is 4.21. The van der Waals surface area contributed by atoms with Crippen LogP contribution in [0, 0.1) is 0 Å². The van der Waals surface area contributed by atoms with Gasteiger partial charge in [0.2, 0.25) is 0 Å². The molecule has 0 amide bonds. The molecule has 0 aromatic rings. The standard InChI is InChI=1S/C6H10ClNO2/c1-2-10-6(9)3-5(8)4-7/h3H,2,4,8H2,1H3/b5-3-. The normalized spacial score (nSPS) is 11.2. The number of alkyl halides is 1. The molecule has 0 aliphatic carbocycles. The molecule has 0 saturated heterocycles. The van der Waals surface area contributed by atoms with Gasteiger partial charge in [0.15, 0.2) is 0 Å². The minimum absolute atomic E-state index is 0.152. The molecule has 0 heterocycles. The summed E-state index contributed by atoms with van der Waals surface area (Å²) in [7, 11) is 0. The molecule has 2 N–H and O–H groups in total. The molecule has 0 aliphatic rings. The molecule has 58 valence electrons. The van der Waals surface area contributed by atoms with Crippen LogP contribution in [0.1, 0.15) is 6.92 Å². The highest BCUT2D eigenvalue weighted by Gasteiger charge is 1.95. The summed E-state index contributed by atoms with van der Waals surface area (Å²) in [5.41, 5.74) is 5.55. The number of ether oxygens (including phenoxy) is 1. The highest BCUT2D eigenvalue weighted by Crippen LogP contribution is 1.89. The molecule has 0 atom stereocenters. The molecule has 3 nitrogen and oxygen atoms in total. The fourth-order valence-electron chi connectivity index (χ4n) is 0.374. The van der Waals surface area contributed by atoms with Crippen molar-refractivity contribution in [2.75, 3.05) is 12.5 Å². The fraction of sp³-hybridized carbons (Fsp3) is 0.500. The number of carbonyl (C=O) groups excluding carboxylic acids is 1. The van der Waals surface area contributed by atoms with Crippen LogP contribution >= 0.6 is 11.6 Å². The molecular formula is C6H10ClNO2. The first-order valence-electron chi connectivity index (χ1n) is 2.89. The van der Waals surface area contributed by atoms with E-state index in [2.05, 4.69) is 4.74 Å². The van der Waals surface area contributed by atoms with Gasteiger partial charge in [-0.2, -0.15) is 0 Å². The van der Waals surface area contributed by atoms with Crippen LogP contribution in [0.4, 0.5) is 0 Å². The Kier molecular flexibility index (Phi) is 4.76. The molecule has 10 heavy (non-hydrogen) atoms. The maximum absolute atomic E-state index is 10.6. The van der Waals surface area contributed by atoms with Gasteiger partial charge in [0.05, 0.1) is 12.5 Å². The van der Waals surface area contributed by atoms with Crippen molar-refractivity contribution in [3.8, 4) is 0 Å². The van der Waals surface area contributed by atoms with Gasteiger partial charge in [0, 0.05) is 11.8 Å². The zero-order valence-corrected chi connectivity index (χ0v) is 6.52.